The number of hydrogen-bond acceptors (Lipinski definition) is 2. The van der Waals surface area contributed by atoms with Crippen molar-refractivity contribution < 1.29 is 4.39 Å². The van der Waals surface area contributed by atoms with Crippen LogP contribution >= 0.6 is 23.2 Å². The zero-order chi connectivity index (χ0) is 15.0. The minimum absolute atomic E-state index is 0.136. The van der Waals surface area contributed by atoms with E-state index in [9.17, 15) is 4.39 Å². The predicted molar refractivity (Wildman–Crippen MR) is 84.8 cm³/mol. The van der Waals surface area contributed by atoms with Crippen LogP contribution in [0.1, 0.15) is 18.7 Å². The topological polar surface area (TPSA) is 21.1 Å². The van der Waals surface area contributed by atoms with E-state index in [-0.39, 0.29) is 5.02 Å². The summed E-state index contributed by atoms with van der Waals surface area (Å²) in [7, 11) is 2.14. The van der Waals surface area contributed by atoms with Crippen LogP contribution in [-0.2, 0) is 13.0 Å². The van der Waals surface area contributed by atoms with Gasteiger partial charge in [0.25, 0.3) is 0 Å². The number of rotatable bonds is 6. The lowest BCUT2D eigenvalue weighted by Gasteiger charge is -2.17. The molecule has 1 aromatic carbocycles. The second-order valence-corrected chi connectivity index (χ2v) is 6.37. The first kappa shape index (κ1) is 15.1. The van der Waals surface area contributed by atoms with Gasteiger partial charge in [0.15, 0.2) is 0 Å². The van der Waals surface area contributed by atoms with Gasteiger partial charge in [-0.1, -0.05) is 11.6 Å². The first-order valence-electron chi connectivity index (χ1n) is 7.20. The molecular formula is C15H18Cl2FN3. The van der Waals surface area contributed by atoms with E-state index < -0.39 is 5.82 Å². The number of nitrogens with zero attached hydrogens (tertiary/aromatic N) is 3. The van der Waals surface area contributed by atoms with Crippen LogP contribution in [0, 0.1) is 5.82 Å². The fraction of sp³-hybridized carbons (Fsp3) is 0.533. The summed E-state index contributed by atoms with van der Waals surface area (Å²) >= 11 is 11.8. The molecule has 0 unspecified atom stereocenters. The molecule has 1 aliphatic carbocycles. The third-order valence-corrected chi connectivity index (χ3v) is 4.51. The Kier molecular flexibility index (Phi) is 4.38. The van der Waals surface area contributed by atoms with E-state index in [1.165, 1.54) is 18.9 Å². The fourth-order valence-corrected chi connectivity index (χ4v) is 2.98. The van der Waals surface area contributed by atoms with Crippen LogP contribution in [0.5, 0.6) is 0 Å². The molecule has 0 radical (unpaired) electrons. The van der Waals surface area contributed by atoms with Crippen molar-refractivity contribution in [3.05, 3.63) is 28.8 Å². The summed E-state index contributed by atoms with van der Waals surface area (Å²) in [5.74, 6) is 0.963. The number of aryl methyl sites for hydroxylation is 1. The minimum Gasteiger partial charge on any atom is -0.327 e. The zero-order valence-electron chi connectivity index (χ0n) is 12.0. The van der Waals surface area contributed by atoms with Gasteiger partial charge in [-0.2, -0.15) is 0 Å². The van der Waals surface area contributed by atoms with Gasteiger partial charge in [0.2, 0.25) is 0 Å². The van der Waals surface area contributed by atoms with Gasteiger partial charge in [0.1, 0.15) is 11.6 Å². The standard InChI is InChI=1S/C15H18Cl2FN3/c1-20(10-2-3-10)6-7-21-14-8-11(17)12(18)9-13(14)19-15(21)4-5-16/h8-10H,2-7H2,1H3. The molecule has 0 N–H and O–H groups in total. The highest BCUT2D eigenvalue weighted by Crippen LogP contribution is 2.27. The van der Waals surface area contributed by atoms with Gasteiger partial charge in [-0.3, -0.25) is 0 Å². The summed E-state index contributed by atoms with van der Waals surface area (Å²) in [4.78, 5) is 6.87. The van der Waals surface area contributed by atoms with Crippen molar-refractivity contribution in [3.63, 3.8) is 0 Å². The Morgan fingerprint density at radius 2 is 2.19 bits per heavy atom. The van der Waals surface area contributed by atoms with E-state index in [0.29, 0.717) is 17.8 Å². The Morgan fingerprint density at radius 3 is 2.86 bits per heavy atom. The third kappa shape index (κ3) is 3.17. The number of benzene rings is 1. The zero-order valence-corrected chi connectivity index (χ0v) is 13.5. The Balaban J connectivity index is 1.92. The van der Waals surface area contributed by atoms with Crippen LogP contribution in [0.4, 0.5) is 4.39 Å². The summed E-state index contributed by atoms with van der Waals surface area (Å²) in [5.41, 5.74) is 1.52. The molecule has 1 saturated carbocycles. The fourth-order valence-electron chi connectivity index (χ4n) is 2.65. The summed E-state index contributed by atoms with van der Waals surface area (Å²) in [6.07, 6.45) is 3.24. The molecule has 0 amide bonds. The van der Waals surface area contributed by atoms with Crippen LogP contribution in [0.25, 0.3) is 11.0 Å². The third-order valence-electron chi connectivity index (χ3n) is 4.03. The minimum atomic E-state index is -0.429. The van der Waals surface area contributed by atoms with Crippen molar-refractivity contribution in [2.24, 2.45) is 0 Å². The van der Waals surface area contributed by atoms with Gasteiger partial charge in [0.05, 0.1) is 16.1 Å². The maximum atomic E-state index is 13.6. The maximum Gasteiger partial charge on any atom is 0.144 e. The molecular weight excluding hydrogens is 312 g/mol. The van der Waals surface area contributed by atoms with Crippen LogP contribution < -0.4 is 0 Å². The molecule has 2 aromatic rings. The number of imidazole rings is 1. The van der Waals surface area contributed by atoms with E-state index in [4.69, 9.17) is 23.2 Å². The predicted octanol–water partition coefficient (Wildman–Crippen LogP) is 3.70. The van der Waals surface area contributed by atoms with Gasteiger partial charge in [0, 0.05) is 37.5 Å². The van der Waals surface area contributed by atoms with Crippen molar-refractivity contribution in [3.8, 4) is 0 Å². The molecule has 0 atom stereocenters. The molecule has 1 fully saturated rings. The number of fused-ring (bicyclic) bond motifs is 1. The van der Waals surface area contributed by atoms with Crippen LogP contribution in [0.15, 0.2) is 12.1 Å². The average Bonchev–Trinajstić information content (AvgIpc) is 3.24. The number of likely N-dealkylation sites (N-methyl/N-ethyl adjacent to an activating group) is 1. The molecule has 1 aromatic heterocycles. The van der Waals surface area contributed by atoms with Crippen molar-refractivity contribution in [2.45, 2.75) is 31.8 Å². The molecule has 1 aliphatic rings. The lowest BCUT2D eigenvalue weighted by molar-refractivity contribution is 0.309. The Hall–Kier alpha value is -0.840. The first-order chi connectivity index (χ1) is 10.1. The van der Waals surface area contributed by atoms with Crippen LogP contribution in [0.3, 0.4) is 0 Å². The molecule has 114 valence electrons. The lowest BCUT2D eigenvalue weighted by Crippen LogP contribution is -2.25. The van der Waals surface area contributed by atoms with Crippen LogP contribution in [-0.4, -0.2) is 40.0 Å². The SMILES string of the molecule is CN(CCn1c(CCCl)nc2cc(F)c(Cl)cc21)C1CC1. The van der Waals surface area contributed by atoms with Crippen molar-refractivity contribution in [1.29, 1.82) is 0 Å². The normalized spacial score (nSPS) is 15.3. The second kappa shape index (κ2) is 6.11. The molecule has 0 saturated heterocycles. The van der Waals surface area contributed by atoms with Gasteiger partial charge in [-0.15, -0.1) is 11.6 Å². The summed E-state index contributed by atoms with van der Waals surface area (Å²) in [5, 5.41) is 0.136. The van der Waals surface area contributed by atoms with Gasteiger partial charge in [-0.05, 0) is 26.0 Å². The smallest absolute Gasteiger partial charge is 0.144 e. The summed E-state index contributed by atoms with van der Waals surface area (Å²) in [6.45, 7) is 1.76. The molecule has 0 aliphatic heterocycles. The number of aromatic nitrogens is 2. The van der Waals surface area contributed by atoms with Gasteiger partial charge in [-0.25, -0.2) is 9.37 Å². The van der Waals surface area contributed by atoms with Crippen molar-refractivity contribution in [2.75, 3.05) is 19.5 Å². The first-order valence-corrected chi connectivity index (χ1v) is 8.11. The Bertz CT molecular complexity index is 652. The molecule has 0 bridgehead atoms. The van der Waals surface area contributed by atoms with E-state index in [2.05, 4.69) is 21.5 Å². The number of hydrogen-bond donors (Lipinski definition) is 0. The Morgan fingerprint density at radius 1 is 1.43 bits per heavy atom. The summed E-state index contributed by atoms with van der Waals surface area (Å²) in [6, 6.07) is 3.78. The highest BCUT2D eigenvalue weighted by molar-refractivity contribution is 6.31. The van der Waals surface area contributed by atoms with Gasteiger partial charge < -0.3 is 9.47 Å². The molecule has 1 heterocycles. The lowest BCUT2D eigenvalue weighted by atomic mass is 10.3. The van der Waals surface area contributed by atoms with Crippen LogP contribution in [0.2, 0.25) is 5.02 Å². The van der Waals surface area contributed by atoms with E-state index in [1.54, 1.807) is 6.07 Å². The van der Waals surface area contributed by atoms with E-state index in [1.807, 2.05) is 0 Å². The maximum absolute atomic E-state index is 13.6. The van der Waals surface area contributed by atoms with Crippen molar-refractivity contribution in [1.82, 2.24) is 14.5 Å². The number of alkyl halides is 1. The molecule has 0 spiro atoms. The molecule has 21 heavy (non-hydrogen) atoms. The second-order valence-electron chi connectivity index (χ2n) is 5.59. The van der Waals surface area contributed by atoms with Crippen molar-refractivity contribution >= 4 is 34.2 Å². The number of halogens is 3. The van der Waals surface area contributed by atoms with E-state index in [0.717, 1.165) is 30.5 Å². The Labute approximate surface area is 133 Å². The highest BCUT2D eigenvalue weighted by atomic mass is 35.5. The van der Waals surface area contributed by atoms with Gasteiger partial charge >= 0.3 is 0 Å². The highest BCUT2D eigenvalue weighted by Gasteiger charge is 2.26. The largest absolute Gasteiger partial charge is 0.327 e. The monoisotopic (exact) mass is 329 g/mol. The van der Waals surface area contributed by atoms with E-state index >= 15 is 0 Å². The molecule has 3 nitrogen and oxygen atoms in total. The average molecular weight is 330 g/mol. The molecule has 3 rings (SSSR count). The quantitative estimate of drug-likeness (QED) is 0.753. The molecule has 6 heteroatoms. The summed E-state index contributed by atoms with van der Waals surface area (Å²) < 4.78 is 15.7.